The minimum absolute atomic E-state index is 0.0148. The summed E-state index contributed by atoms with van der Waals surface area (Å²) in [5.74, 6) is -0.866. The van der Waals surface area contributed by atoms with Gasteiger partial charge in [0, 0.05) is 40.6 Å². The molecule has 0 aliphatic carbocycles. The fraction of sp³-hybridized carbons (Fsp3) is 0.300. The molecule has 43 heavy (non-hydrogen) atoms. The second-order valence-electron chi connectivity index (χ2n) is 10.00. The number of nitrogens with zero attached hydrogens (tertiary/aromatic N) is 2. The zero-order chi connectivity index (χ0) is 31.7. The predicted octanol–water partition coefficient (Wildman–Crippen LogP) is 6.00. The van der Waals surface area contributed by atoms with Gasteiger partial charge in [0.1, 0.15) is 0 Å². The van der Waals surface area contributed by atoms with Crippen LogP contribution in [0.4, 0.5) is 18.9 Å². The molecule has 1 aliphatic rings. The Morgan fingerprint density at radius 2 is 1.77 bits per heavy atom. The number of aryl methyl sites for hydroxylation is 1. The van der Waals surface area contributed by atoms with Gasteiger partial charge in [-0.2, -0.15) is 13.2 Å². The summed E-state index contributed by atoms with van der Waals surface area (Å²) in [6.45, 7) is 5.66. The maximum atomic E-state index is 14.7. The molecule has 0 bridgehead atoms. The predicted molar refractivity (Wildman–Crippen MR) is 165 cm³/mol. The zero-order valence-corrected chi connectivity index (χ0v) is 26.7. The van der Waals surface area contributed by atoms with Crippen molar-refractivity contribution >= 4 is 55.6 Å². The molecule has 228 valence electrons. The normalized spacial score (nSPS) is 16.8. The highest BCUT2D eigenvalue weighted by Crippen LogP contribution is 2.49. The molecule has 0 aromatic heterocycles. The van der Waals surface area contributed by atoms with Gasteiger partial charge in [-0.3, -0.25) is 9.59 Å². The van der Waals surface area contributed by atoms with Crippen LogP contribution in [0.1, 0.15) is 57.7 Å². The first-order chi connectivity index (χ1) is 20.1. The number of anilines is 1. The summed E-state index contributed by atoms with van der Waals surface area (Å²) in [5, 5.41) is 6.47. The number of amides is 2. The summed E-state index contributed by atoms with van der Waals surface area (Å²) in [6.07, 6.45) is -4.46. The Kier molecular flexibility index (Phi) is 9.26. The lowest BCUT2D eigenvalue weighted by atomic mass is 9.85. The Balaban J connectivity index is 1.69. The lowest BCUT2D eigenvalue weighted by Gasteiger charge is -2.31. The lowest BCUT2D eigenvalue weighted by molar-refractivity contribution is -0.275. The molecule has 13 heteroatoms. The van der Waals surface area contributed by atoms with Crippen LogP contribution in [-0.4, -0.2) is 51.5 Å². The number of nitrogens with one attached hydrogen (secondary N) is 1. The first-order valence-electron chi connectivity index (χ1n) is 13.3. The maximum Gasteiger partial charge on any atom is 0.435 e. The van der Waals surface area contributed by atoms with Gasteiger partial charge in [0.2, 0.25) is 0 Å². The number of rotatable bonds is 8. The zero-order valence-electron chi connectivity index (χ0n) is 23.8. The lowest BCUT2D eigenvalue weighted by Crippen LogP contribution is -2.43. The van der Waals surface area contributed by atoms with Crippen molar-refractivity contribution in [1.29, 1.82) is 0 Å². The molecule has 2 amide bonds. The Hall–Kier alpha value is -3.46. The summed E-state index contributed by atoms with van der Waals surface area (Å²) in [5.41, 5.74) is -1.50. The monoisotopic (exact) mass is 727 g/mol. The van der Waals surface area contributed by atoms with Crippen LogP contribution in [0.2, 0.25) is 0 Å². The van der Waals surface area contributed by atoms with Crippen LogP contribution in [0.3, 0.4) is 0 Å². The second kappa shape index (κ2) is 12.3. The summed E-state index contributed by atoms with van der Waals surface area (Å²) in [4.78, 5) is 33.1. The van der Waals surface area contributed by atoms with Gasteiger partial charge in [-0.1, -0.05) is 29.4 Å². The minimum Gasteiger partial charge on any atom is -0.374 e. The highest BCUT2D eigenvalue weighted by molar-refractivity contribution is 14.1. The van der Waals surface area contributed by atoms with Crippen molar-refractivity contribution in [3.63, 3.8) is 0 Å². The third kappa shape index (κ3) is 6.28. The third-order valence-corrected chi connectivity index (χ3v) is 9.15. The molecule has 1 heterocycles. The van der Waals surface area contributed by atoms with E-state index in [4.69, 9.17) is 4.84 Å². The van der Waals surface area contributed by atoms with E-state index in [0.29, 0.717) is 26.9 Å². The molecule has 1 atom stereocenters. The quantitative estimate of drug-likeness (QED) is 0.287. The summed E-state index contributed by atoms with van der Waals surface area (Å²) >= 11 is 1.99. The highest BCUT2D eigenvalue weighted by Gasteiger charge is 2.62. The van der Waals surface area contributed by atoms with Crippen LogP contribution in [0.5, 0.6) is 0 Å². The van der Waals surface area contributed by atoms with E-state index in [9.17, 15) is 31.2 Å². The molecule has 0 saturated heterocycles. The molecule has 0 saturated carbocycles. The Morgan fingerprint density at radius 3 is 2.33 bits per heavy atom. The second-order valence-corrected chi connectivity index (χ2v) is 13.2. The van der Waals surface area contributed by atoms with Gasteiger partial charge in [0.15, 0.2) is 9.84 Å². The molecule has 8 nitrogen and oxygen atoms in total. The van der Waals surface area contributed by atoms with E-state index in [2.05, 4.69) is 10.5 Å². The molecule has 0 radical (unpaired) electrons. The van der Waals surface area contributed by atoms with Crippen LogP contribution in [0, 0.1) is 10.5 Å². The van der Waals surface area contributed by atoms with E-state index >= 15 is 0 Å². The summed E-state index contributed by atoms with van der Waals surface area (Å²) in [7, 11) is -3.49. The number of carbonyl (C=O) groups excluding carboxylic acids is 2. The number of oxime groups is 1. The average Bonchev–Trinajstić information content (AvgIpc) is 3.41. The molecule has 4 rings (SSSR count). The molecule has 3 aromatic rings. The van der Waals surface area contributed by atoms with Gasteiger partial charge in [0.25, 0.3) is 17.4 Å². The van der Waals surface area contributed by atoms with Gasteiger partial charge in [-0.05, 0) is 90.9 Å². The van der Waals surface area contributed by atoms with Crippen molar-refractivity contribution in [3.05, 3.63) is 92.1 Å². The van der Waals surface area contributed by atoms with Gasteiger partial charge >= 0.3 is 6.18 Å². The number of sulfone groups is 1. The van der Waals surface area contributed by atoms with Crippen LogP contribution >= 0.6 is 22.6 Å². The largest absolute Gasteiger partial charge is 0.435 e. The number of carbonyl (C=O) groups is 2. The SMILES string of the molecule is CCNC(=O)c1c(I)cccc1C(=O)N(CC)c1ccc(C2(C(F)(F)F)CC(c3ccc(S(C)(=O)=O)cc3)=NO2)cc1C. The molecular weight excluding hydrogens is 698 g/mol. The van der Waals surface area contributed by atoms with Crippen LogP contribution < -0.4 is 10.2 Å². The van der Waals surface area contributed by atoms with Gasteiger partial charge in [-0.25, -0.2) is 8.42 Å². The number of hydrogen-bond donors (Lipinski definition) is 1. The molecule has 1 N–H and O–H groups in total. The topological polar surface area (TPSA) is 105 Å². The van der Waals surface area contributed by atoms with E-state index < -0.39 is 39.8 Å². The standard InChI is InChI=1S/C30H29F3IN3O5S/c1-5-35-27(38)26-22(8-7-9-23(26)34)28(39)37(6-2)25-15-12-20(16-18(25)3)29(30(31,32)33)17-24(36-42-29)19-10-13-21(14-11-19)43(4,40)41/h7-16H,5-6,17H2,1-4H3,(H,35,38). The van der Waals surface area contributed by atoms with Gasteiger partial charge in [-0.15, -0.1) is 0 Å². The highest BCUT2D eigenvalue weighted by atomic mass is 127. The molecule has 3 aromatic carbocycles. The van der Waals surface area contributed by atoms with Crippen molar-refractivity contribution in [3.8, 4) is 0 Å². The summed E-state index contributed by atoms with van der Waals surface area (Å²) in [6, 6.07) is 14.3. The van der Waals surface area contributed by atoms with Crippen molar-refractivity contribution in [2.45, 2.75) is 43.9 Å². The fourth-order valence-corrected chi connectivity index (χ4v) is 6.29. The Morgan fingerprint density at radius 1 is 1.09 bits per heavy atom. The van der Waals surface area contributed by atoms with Crippen molar-refractivity contribution in [2.24, 2.45) is 5.16 Å². The van der Waals surface area contributed by atoms with E-state index in [0.717, 1.165) is 6.26 Å². The van der Waals surface area contributed by atoms with Crippen molar-refractivity contribution < 1.29 is 36.0 Å². The number of benzene rings is 3. The Labute approximate surface area is 261 Å². The number of alkyl halides is 3. The minimum atomic E-state index is -4.86. The molecule has 0 spiro atoms. The van der Waals surface area contributed by atoms with E-state index in [1.165, 1.54) is 47.4 Å². The van der Waals surface area contributed by atoms with E-state index in [1.54, 1.807) is 39.0 Å². The van der Waals surface area contributed by atoms with E-state index in [1.807, 2.05) is 22.6 Å². The van der Waals surface area contributed by atoms with Crippen molar-refractivity contribution in [1.82, 2.24) is 5.32 Å². The van der Waals surface area contributed by atoms with Crippen LogP contribution in [0.25, 0.3) is 0 Å². The van der Waals surface area contributed by atoms with E-state index in [-0.39, 0.29) is 33.8 Å². The van der Waals surface area contributed by atoms with Crippen molar-refractivity contribution in [2.75, 3.05) is 24.2 Å². The first kappa shape index (κ1) is 32.5. The summed E-state index contributed by atoms with van der Waals surface area (Å²) < 4.78 is 68.1. The fourth-order valence-electron chi connectivity index (χ4n) is 4.91. The number of halogens is 4. The smallest absolute Gasteiger partial charge is 0.374 e. The maximum absolute atomic E-state index is 14.7. The van der Waals surface area contributed by atoms with Crippen LogP contribution in [-0.2, 0) is 20.3 Å². The molecule has 0 fully saturated rings. The van der Waals surface area contributed by atoms with Gasteiger partial charge in [0.05, 0.1) is 21.7 Å². The average molecular weight is 728 g/mol. The third-order valence-electron chi connectivity index (χ3n) is 7.13. The Bertz CT molecular complexity index is 1710. The molecular formula is C30H29F3IN3O5S. The molecule has 1 unspecified atom stereocenters. The molecule has 1 aliphatic heterocycles. The number of hydrogen-bond acceptors (Lipinski definition) is 6. The van der Waals surface area contributed by atoms with Crippen LogP contribution in [0.15, 0.2) is 70.7 Å². The van der Waals surface area contributed by atoms with Gasteiger partial charge < -0.3 is 15.1 Å². The first-order valence-corrected chi connectivity index (χ1v) is 16.2.